The Morgan fingerprint density at radius 3 is 2.20 bits per heavy atom. The summed E-state index contributed by atoms with van der Waals surface area (Å²) < 4.78 is 4.77. The molecule has 0 radical (unpaired) electrons. The summed E-state index contributed by atoms with van der Waals surface area (Å²) in [5, 5.41) is 0. The summed E-state index contributed by atoms with van der Waals surface area (Å²) in [5.41, 5.74) is -1.01. The molecular weight excluding hydrogens is 194 g/mol. The van der Waals surface area contributed by atoms with Crippen LogP contribution in [-0.4, -0.2) is 35.0 Å². The number of amides is 1. The van der Waals surface area contributed by atoms with Crippen molar-refractivity contribution in [2.24, 2.45) is 0 Å². The number of rotatable bonds is 0. The standard InChI is InChI=1S/C11H15NO3/c1-10-4-5-11(2,7-8(13)6-10)12(10)9(14)15-3/h4-5H,6-7H2,1-3H3. The normalized spacial score (nSPS) is 38.3. The Balaban J connectivity index is 2.42. The number of hydrogen-bond donors (Lipinski definition) is 0. The molecule has 2 heterocycles. The highest BCUT2D eigenvalue weighted by molar-refractivity contribution is 5.87. The maximum Gasteiger partial charge on any atom is 0.410 e. The third-order valence-corrected chi connectivity index (χ3v) is 3.29. The highest BCUT2D eigenvalue weighted by Gasteiger charge is 2.54. The minimum Gasteiger partial charge on any atom is -0.453 e. The second kappa shape index (κ2) is 2.84. The Morgan fingerprint density at radius 2 is 1.80 bits per heavy atom. The molecule has 0 N–H and O–H groups in total. The molecule has 0 aromatic heterocycles. The molecule has 15 heavy (non-hydrogen) atoms. The summed E-state index contributed by atoms with van der Waals surface area (Å²) in [6, 6.07) is 0. The van der Waals surface area contributed by atoms with Crippen LogP contribution in [0.4, 0.5) is 4.79 Å². The molecule has 2 atom stereocenters. The van der Waals surface area contributed by atoms with Crippen molar-refractivity contribution in [3.05, 3.63) is 12.2 Å². The molecule has 82 valence electrons. The van der Waals surface area contributed by atoms with E-state index in [4.69, 9.17) is 4.74 Å². The van der Waals surface area contributed by atoms with Crippen molar-refractivity contribution in [3.63, 3.8) is 0 Å². The van der Waals surface area contributed by atoms with Crippen LogP contribution in [0.15, 0.2) is 12.2 Å². The first-order valence-corrected chi connectivity index (χ1v) is 5.02. The van der Waals surface area contributed by atoms with E-state index in [1.165, 1.54) is 7.11 Å². The highest BCUT2D eigenvalue weighted by atomic mass is 16.5. The molecule has 2 rings (SSSR count). The number of hydrogen-bond acceptors (Lipinski definition) is 3. The first-order valence-electron chi connectivity index (χ1n) is 5.02. The van der Waals surface area contributed by atoms with E-state index in [9.17, 15) is 9.59 Å². The fourth-order valence-electron chi connectivity index (χ4n) is 2.74. The molecular formula is C11H15NO3. The molecule has 0 aromatic carbocycles. The van der Waals surface area contributed by atoms with Crippen molar-refractivity contribution >= 4 is 11.9 Å². The van der Waals surface area contributed by atoms with Crippen LogP contribution in [-0.2, 0) is 9.53 Å². The monoisotopic (exact) mass is 209 g/mol. The van der Waals surface area contributed by atoms with Crippen molar-refractivity contribution in [1.29, 1.82) is 0 Å². The van der Waals surface area contributed by atoms with Crippen LogP contribution in [0.3, 0.4) is 0 Å². The summed E-state index contributed by atoms with van der Waals surface area (Å²) in [4.78, 5) is 24.9. The first-order chi connectivity index (χ1) is 6.91. The fraction of sp³-hybridized carbons (Fsp3) is 0.636. The number of Topliss-reactive ketones (excluding diaryl/α,β-unsaturated/α-hetero) is 1. The topological polar surface area (TPSA) is 46.6 Å². The summed E-state index contributed by atoms with van der Waals surface area (Å²) in [5.74, 6) is 0.199. The van der Waals surface area contributed by atoms with Crippen LogP contribution in [0.1, 0.15) is 26.7 Å². The summed E-state index contributed by atoms with van der Waals surface area (Å²) in [6.45, 7) is 3.78. The molecule has 0 spiro atoms. The van der Waals surface area contributed by atoms with E-state index in [1.54, 1.807) is 4.90 Å². The Morgan fingerprint density at radius 1 is 1.33 bits per heavy atom. The van der Waals surface area contributed by atoms with Crippen LogP contribution in [0, 0.1) is 0 Å². The lowest BCUT2D eigenvalue weighted by atomic mass is 9.84. The van der Waals surface area contributed by atoms with Crippen LogP contribution >= 0.6 is 0 Å². The smallest absolute Gasteiger partial charge is 0.410 e. The molecule has 0 aromatic rings. The van der Waals surface area contributed by atoms with Gasteiger partial charge in [0.05, 0.1) is 18.2 Å². The van der Waals surface area contributed by atoms with Gasteiger partial charge >= 0.3 is 6.09 Å². The van der Waals surface area contributed by atoms with Crippen molar-refractivity contribution in [2.75, 3.05) is 7.11 Å². The van der Waals surface area contributed by atoms with E-state index in [2.05, 4.69) is 0 Å². The maximum absolute atomic E-state index is 11.7. The number of piperidine rings is 1. The number of methoxy groups -OCH3 is 1. The van der Waals surface area contributed by atoms with E-state index in [-0.39, 0.29) is 11.9 Å². The minimum absolute atomic E-state index is 0.199. The molecule has 1 saturated heterocycles. The molecule has 2 aliphatic rings. The van der Waals surface area contributed by atoms with Gasteiger partial charge in [-0.3, -0.25) is 9.69 Å². The quantitative estimate of drug-likeness (QED) is 0.568. The lowest BCUT2D eigenvalue weighted by Crippen LogP contribution is -2.60. The van der Waals surface area contributed by atoms with Gasteiger partial charge in [-0.05, 0) is 13.8 Å². The summed E-state index contributed by atoms with van der Waals surface area (Å²) in [7, 11) is 1.37. The minimum atomic E-state index is -0.503. The molecule has 4 heteroatoms. The Labute approximate surface area is 88.9 Å². The molecule has 0 saturated carbocycles. The second-order valence-electron chi connectivity index (χ2n) is 4.75. The average molecular weight is 209 g/mol. The second-order valence-corrected chi connectivity index (χ2v) is 4.75. The Bertz CT molecular complexity index is 339. The number of nitrogens with zero attached hydrogens (tertiary/aromatic N) is 1. The lowest BCUT2D eigenvalue weighted by molar-refractivity contribution is -0.127. The largest absolute Gasteiger partial charge is 0.453 e. The van der Waals surface area contributed by atoms with Gasteiger partial charge in [0.25, 0.3) is 0 Å². The zero-order chi connectivity index (χ0) is 11.3. The number of ketones is 1. The average Bonchev–Trinajstić information content (AvgIpc) is 2.29. The van der Waals surface area contributed by atoms with Crippen LogP contribution in [0.2, 0.25) is 0 Å². The number of fused-ring (bicyclic) bond motifs is 2. The van der Waals surface area contributed by atoms with Crippen molar-refractivity contribution in [3.8, 4) is 0 Å². The molecule has 2 unspecified atom stereocenters. The first kappa shape index (κ1) is 10.2. The molecule has 0 aliphatic carbocycles. The van der Waals surface area contributed by atoms with E-state index < -0.39 is 11.1 Å². The van der Waals surface area contributed by atoms with Crippen LogP contribution in [0.25, 0.3) is 0 Å². The van der Waals surface area contributed by atoms with Gasteiger partial charge in [0.2, 0.25) is 0 Å². The van der Waals surface area contributed by atoms with Gasteiger partial charge in [-0.2, -0.15) is 0 Å². The highest BCUT2D eigenvalue weighted by Crippen LogP contribution is 2.44. The predicted molar refractivity (Wildman–Crippen MR) is 54.4 cm³/mol. The Kier molecular flexibility index (Phi) is 1.93. The third-order valence-electron chi connectivity index (χ3n) is 3.29. The van der Waals surface area contributed by atoms with Crippen molar-refractivity contribution < 1.29 is 14.3 Å². The number of carbonyl (C=O) groups excluding carboxylic acids is 2. The van der Waals surface area contributed by atoms with Crippen LogP contribution in [0.5, 0.6) is 0 Å². The number of ether oxygens (including phenoxy) is 1. The van der Waals surface area contributed by atoms with Gasteiger partial charge in [-0.1, -0.05) is 12.2 Å². The Hall–Kier alpha value is -1.32. The van der Waals surface area contributed by atoms with E-state index in [0.29, 0.717) is 12.8 Å². The molecule has 2 aliphatic heterocycles. The molecule has 4 nitrogen and oxygen atoms in total. The predicted octanol–water partition coefficient (Wildman–Crippen LogP) is 1.50. The van der Waals surface area contributed by atoms with Gasteiger partial charge < -0.3 is 4.74 Å². The zero-order valence-electron chi connectivity index (χ0n) is 9.24. The van der Waals surface area contributed by atoms with Gasteiger partial charge in [-0.25, -0.2) is 4.79 Å². The van der Waals surface area contributed by atoms with Gasteiger partial charge in [-0.15, -0.1) is 0 Å². The van der Waals surface area contributed by atoms with Crippen molar-refractivity contribution in [2.45, 2.75) is 37.8 Å². The van der Waals surface area contributed by atoms with E-state index in [1.807, 2.05) is 26.0 Å². The maximum atomic E-state index is 11.7. The van der Waals surface area contributed by atoms with E-state index >= 15 is 0 Å². The SMILES string of the molecule is COC(=O)N1C2(C)C=CC1(C)CC(=O)C2. The zero-order valence-corrected chi connectivity index (χ0v) is 9.24. The van der Waals surface area contributed by atoms with Crippen molar-refractivity contribution in [1.82, 2.24) is 4.90 Å². The molecule has 1 amide bonds. The van der Waals surface area contributed by atoms with Gasteiger partial charge in [0, 0.05) is 12.8 Å². The summed E-state index contributed by atoms with van der Waals surface area (Å²) in [6.07, 6.45) is 4.28. The third kappa shape index (κ3) is 1.28. The molecule has 2 bridgehead atoms. The van der Waals surface area contributed by atoms with Gasteiger partial charge in [0.15, 0.2) is 0 Å². The van der Waals surface area contributed by atoms with E-state index in [0.717, 1.165) is 0 Å². The van der Waals surface area contributed by atoms with Crippen LogP contribution < -0.4 is 0 Å². The lowest BCUT2D eigenvalue weighted by Gasteiger charge is -2.46. The van der Waals surface area contributed by atoms with Gasteiger partial charge in [0.1, 0.15) is 5.78 Å². The fourth-order valence-corrected chi connectivity index (χ4v) is 2.74. The molecule has 1 fully saturated rings. The summed E-state index contributed by atoms with van der Waals surface area (Å²) >= 11 is 0. The number of carbonyl (C=O) groups is 2.